The molecule has 1 N–H and O–H groups in total. The van der Waals surface area contributed by atoms with E-state index in [1.807, 2.05) is 70.2 Å². The molecular formula is C25H24ClN5O. The van der Waals surface area contributed by atoms with Crippen molar-refractivity contribution in [3.8, 4) is 11.3 Å². The Morgan fingerprint density at radius 3 is 2.50 bits per heavy atom. The van der Waals surface area contributed by atoms with Crippen LogP contribution < -0.4 is 5.32 Å². The predicted molar refractivity (Wildman–Crippen MR) is 127 cm³/mol. The number of rotatable bonds is 5. The number of fused-ring (bicyclic) bond motifs is 1. The van der Waals surface area contributed by atoms with E-state index in [0.717, 1.165) is 54.0 Å². The molecule has 0 spiro atoms. The lowest BCUT2D eigenvalue weighted by molar-refractivity contribution is 0.0724. The van der Waals surface area contributed by atoms with Crippen LogP contribution in [0.25, 0.3) is 16.9 Å². The number of amides is 1. The Balaban J connectivity index is 1.39. The van der Waals surface area contributed by atoms with Crippen LogP contribution in [0.1, 0.15) is 35.2 Å². The Hall–Kier alpha value is -3.38. The van der Waals surface area contributed by atoms with Gasteiger partial charge in [-0.25, -0.2) is 9.97 Å². The summed E-state index contributed by atoms with van der Waals surface area (Å²) in [6, 6.07) is 15.4. The summed E-state index contributed by atoms with van der Waals surface area (Å²) in [6.45, 7) is 2.31. The monoisotopic (exact) mass is 445 g/mol. The van der Waals surface area contributed by atoms with Gasteiger partial charge in [-0.2, -0.15) is 0 Å². The molecule has 2 aromatic heterocycles. The van der Waals surface area contributed by atoms with Crippen molar-refractivity contribution in [1.29, 1.82) is 0 Å². The molecule has 0 atom stereocenters. The summed E-state index contributed by atoms with van der Waals surface area (Å²) >= 11 is 5.99. The fraction of sp³-hybridized carbons (Fsp3) is 0.240. The number of piperidine rings is 1. The van der Waals surface area contributed by atoms with E-state index in [2.05, 4.69) is 10.3 Å². The lowest BCUT2D eigenvalue weighted by atomic mass is 10.1. The Morgan fingerprint density at radius 2 is 1.75 bits per heavy atom. The molecule has 1 amide bonds. The second kappa shape index (κ2) is 9.01. The van der Waals surface area contributed by atoms with Gasteiger partial charge in [0.1, 0.15) is 0 Å². The van der Waals surface area contributed by atoms with Gasteiger partial charge in [0.15, 0.2) is 11.5 Å². The average Bonchev–Trinajstić information content (AvgIpc) is 3.33. The normalized spacial score (nSPS) is 14.0. The Kier molecular flexibility index (Phi) is 5.77. The van der Waals surface area contributed by atoms with Gasteiger partial charge in [0.2, 0.25) is 0 Å². The van der Waals surface area contributed by atoms with E-state index in [4.69, 9.17) is 16.6 Å². The lowest BCUT2D eigenvalue weighted by Gasteiger charge is -2.26. The molecule has 5 rings (SSSR count). The molecule has 162 valence electrons. The van der Waals surface area contributed by atoms with Gasteiger partial charge in [-0.3, -0.25) is 4.79 Å². The van der Waals surface area contributed by atoms with Crippen LogP contribution in [0.4, 0.5) is 5.82 Å². The number of nitrogens with zero attached hydrogens (tertiary/aromatic N) is 4. The molecule has 0 radical (unpaired) electrons. The zero-order valence-electron chi connectivity index (χ0n) is 17.7. The fourth-order valence-corrected chi connectivity index (χ4v) is 4.17. The van der Waals surface area contributed by atoms with E-state index < -0.39 is 0 Å². The maximum Gasteiger partial charge on any atom is 0.253 e. The van der Waals surface area contributed by atoms with Gasteiger partial charge in [0.25, 0.3) is 5.91 Å². The van der Waals surface area contributed by atoms with Crippen LogP contribution in [0, 0.1) is 0 Å². The molecule has 1 saturated heterocycles. The highest BCUT2D eigenvalue weighted by molar-refractivity contribution is 6.30. The van der Waals surface area contributed by atoms with Crippen molar-refractivity contribution in [1.82, 2.24) is 19.3 Å². The smallest absolute Gasteiger partial charge is 0.253 e. The minimum atomic E-state index is 0.111. The van der Waals surface area contributed by atoms with E-state index in [1.165, 1.54) is 6.42 Å². The SMILES string of the molecule is O=C(c1ccc(-c2cn3ccnc3c(NCc3ccc(Cl)cc3)n2)cc1)N1CCCCC1. The molecule has 0 aliphatic carbocycles. The molecule has 3 heterocycles. The Labute approximate surface area is 191 Å². The number of benzene rings is 2. The number of hydrogen-bond donors (Lipinski definition) is 1. The van der Waals surface area contributed by atoms with Gasteiger partial charge in [-0.15, -0.1) is 0 Å². The van der Waals surface area contributed by atoms with Gasteiger partial charge in [-0.05, 0) is 49.1 Å². The summed E-state index contributed by atoms with van der Waals surface area (Å²) in [5, 5.41) is 4.11. The molecule has 4 aromatic rings. The molecule has 2 aromatic carbocycles. The first kappa shape index (κ1) is 20.5. The largest absolute Gasteiger partial charge is 0.363 e. The lowest BCUT2D eigenvalue weighted by Crippen LogP contribution is -2.35. The number of anilines is 1. The van der Waals surface area contributed by atoms with Crippen LogP contribution in [-0.2, 0) is 6.54 Å². The first-order valence-electron chi connectivity index (χ1n) is 10.9. The summed E-state index contributed by atoms with van der Waals surface area (Å²) in [7, 11) is 0. The maximum atomic E-state index is 12.8. The van der Waals surface area contributed by atoms with E-state index in [0.29, 0.717) is 17.4 Å². The zero-order chi connectivity index (χ0) is 21.9. The molecule has 7 heteroatoms. The van der Waals surface area contributed by atoms with Crippen molar-refractivity contribution in [2.75, 3.05) is 18.4 Å². The van der Waals surface area contributed by atoms with Crippen molar-refractivity contribution < 1.29 is 4.79 Å². The molecule has 0 unspecified atom stereocenters. The van der Waals surface area contributed by atoms with Gasteiger partial charge >= 0.3 is 0 Å². The van der Waals surface area contributed by atoms with Crippen molar-refractivity contribution in [3.05, 3.63) is 83.3 Å². The van der Waals surface area contributed by atoms with Crippen molar-refractivity contribution in [2.45, 2.75) is 25.8 Å². The highest BCUT2D eigenvalue weighted by Gasteiger charge is 2.18. The summed E-state index contributed by atoms with van der Waals surface area (Å²) < 4.78 is 1.96. The number of carbonyl (C=O) groups is 1. The van der Waals surface area contributed by atoms with E-state index >= 15 is 0 Å². The topological polar surface area (TPSA) is 62.5 Å². The number of hydrogen-bond acceptors (Lipinski definition) is 4. The van der Waals surface area contributed by atoms with Crippen LogP contribution in [-0.4, -0.2) is 38.3 Å². The number of imidazole rings is 1. The van der Waals surface area contributed by atoms with Crippen LogP contribution in [0.5, 0.6) is 0 Å². The minimum Gasteiger partial charge on any atom is -0.363 e. The highest BCUT2D eigenvalue weighted by Crippen LogP contribution is 2.24. The molecular weight excluding hydrogens is 422 g/mol. The van der Waals surface area contributed by atoms with Crippen molar-refractivity contribution in [3.63, 3.8) is 0 Å². The third-order valence-electron chi connectivity index (χ3n) is 5.82. The van der Waals surface area contributed by atoms with Gasteiger partial charge in [0, 0.05) is 54.4 Å². The molecule has 1 fully saturated rings. The first-order chi connectivity index (χ1) is 15.7. The number of halogens is 1. The molecule has 6 nitrogen and oxygen atoms in total. The van der Waals surface area contributed by atoms with Crippen LogP contribution in [0.15, 0.2) is 67.1 Å². The third-order valence-corrected chi connectivity index (χ3v) is 6.07. The van der Waals surface area contributed by atoms with Gasteiger partial charge in [-0.1, -0.05) is 35.9 Å². The second-order valence-corrected chi connectivity index (χ2v) is 8.48. The maximum absolute atomic E-state index is 12.8. The number of carbonyl (C=O) groups excluding carboxylic acids is 1. The second-order valence-electron chi connectivity index (χ2n) is 8.04. The summed E-state index contributed by atoms with van der Waals surface area (Å²) in [4.78, 5) is 24.0. The minimum absolute atomic E-state index is 0.111. The molecule has 0 saturated carbocycles. The average molecular weight is 446 g/mol. The molecule has 1 aliphatic rings. The van der Waals surface area contributed by atoms with E-state index in [-0.39, 0.29) is 5.91 Å². The summed E-state index contributed by atoms with van der Waals surface area (Å²) in [5.74, 6) is 0.815. The van der Waals surface area contributed by atoms with Crippen LogP contribution >= 0.6 is 11.6 Å². The highest BCUT2D eigenvalue weighted by atomic mass is 35.5. The van der Waals surface area contributed by atoms with Crippen molar-refractivity contribution in [2.24, 2.45) is 0 Å². The van der Waals surface area contributed by atoms with Gasteiger partial charge in [0.05, 0.1) is 5.69 Å². The van der Waals surface area contributed by atoms with E-state index in [1.54, 1.807) is 6.20 Å². The summed E-state index contributed by atoms with van der Waals surface area (Å²) in [6.07, 6.45) is 9.00. The first-order valence-corrected chi connectivity index (χ1v) is 11.3. The number of nitrogens with one attached hydrogen (secondary N) is 1. The predicted octanol–water partition coefficient (Wildman–Crippen LogP) is 5.29. The zero-order valence-corrected chi connectivity index (χ0v) is 18.4. The van der Waals surface area contributed by atoms with Gasteiger partial charge < -0.3 is 14.6 Å². The third kappa shape index (κ3) is 4.32. The standard InChI is InChI=1S/C25H24ClN5O/c26-21-10-4-18(5-11-21)16-28-23-24-27-12-15-31(24)17-22(29-23)19-6-8-20(9-7-19)25(32)30-13-2-1-3-14-30/h4-12,15,17H,1-3,13-14,16H2,(H,28,29). The number of likely N-dealkylation sites (tertiary alicyclic amines) is 1. The molecule has 1 aliphatic heterocycles. The Morgan fingerprint density at radius 1 is 1.00 bits per heavy atom. The number of aromatic nitrogens is 3. The van der Waals surface area contributed by atoms with Crippen molar-refractivity contribution >= 4 is 29.0 Å². The van der Waals surface area contributed by atoms with Crippen LogP contribution in [0.3, 0.4) is 0 Å². The quantitative estimate of drug-likeness (QED) is 0.453. The molecule has 0 bridgehead atoms. The van der Waals surface area contributed by atoms with Crippen LogP contribution in [0.2, 0.25) is 5.02 Å². The Bertz CT molecular complexity index is 1230. The molecule has 32 heavy (non-hydrogen) atoms. The summed E-state index contributed by atoms with van der Waals surface area (Å²) in [5.41, 5.74) is 4.35. The fourth-order valence-electron chi connectivity index (χ4n) is 4.04. The van der Waals surface area contributed by atoms with E-state index in [9.17, 15) is 4.79 Å².